The average Bonchev–Trinajstić information content (AvgIpc) is 2.93. The van der Waals surface area contributed by atoms with Crippen LogP contribution < -0.4 is 0 Å². The fourth-order valence-corrected chi connectivity index (χ4v) is 4.78. The number of sulfonamides is 1. The molecule has 0 aliphatic carbocycles. The van der Waals surface area contributed by atoms with Crippen molar-refractivity contribution in [3.8, 4) is 0 Å². The summed E-state index contributed by atoms with van der Waals surface area (Å²) in [6, 6.07) is 2.75. The zero-order valence-electron chi connectivity index (χ0n) is 11.2. The molecule has 0 fully saturated rings. The molecule has 5 nitrogen and oxygen atoms in total. The predicted octanol–water partition coefficient (Wildman–Crippen LogP) is 2.33. The van der Waals surface area contributed by atoms with E-state index in [2.05, 4.69) is 5.10 Å². The average molecular weight is 342 g/mol. The topological polar surface area (TPSA) is 70.0 Å². The van der Waals surface area contributed by atoms with Crippen molar-refractivity contribution in [1.29, 1.82) is 0 Å². The third-order valence-corrected chi connectivity index (χ3v) is 6.39. The zero-order valence-corrected chi connectivity index (χ0v) is 12.8. The largest absolute Gasteiger partial charge is 0.439 e. The summed E-state index contributed by atoms with van der Waals surface area (Å²) in [5.41, 5.74) is -3.64. The SMILES string of the molecule is CCc1ccc(S(=O)(=O)N2N=C(C)C[C@@]2(O)C(F)(F)F)s1. The normalized spacial score (nSPS) is 23.5. The summed E-state index contributed by atoms with van der Waals surface area (Å²) < 4.78 is 63.4. The summed E-state index contributed by atoms with van der Waals surface area (Å²) in [4.78, 5) is 0.712. The van der Waals surface area contributed by atoms with E-state index < -0.39 is 28.3 Å². The molecular formula is C11H13F3N2O3S2. The summed E-state index contributed by atoms with van der Waals surface area (Å²) >= 11 is 0.862. The van der Waals surface area contributed by atoms with Crippen molar-refractivity contribution in [3.05, 3.63) is 17.0 Å². The number of nitrogens with zero attached hydrogens (tertiary/aromatic N) is 2. The summed E-state index contributed by atoms with van der Waals surface area (Å²) in [6.07, 6.45) is -5.49. The minimum atomic E-state index is -5.15. The molecule has 0 aromatic carbocycles. The van der Waals surface area contributed by atoms with Gasteiger partial charge in [0, 0.05) is 17.0 Å². The van der Waals surface area contributed by atoms with Crippen molar-refractivity contribution in [1.82, 2.24) is 4.41 Å². The molecule has 0 unspecified atom stereocenters. The van der Waals surface area contributed by atoms with E-state index in [1.807, 2.05) is 0 Å². The lowest BCUT2D eigenvalue weighted by Gasteiger charge is -2.32. The second-order valence-electron chi connectivity index (χ2n) is 4.65. The molecule has 1 atom stereocenters. The lowest BCUT2D eigenvalue weighted by molar-refractivity contribution is -0.291. The molecule has 1 aromatic heterocycles. The second-order valence-corrected chi connectivity index (χ2v) is 7.81. The summed E-state index contributed by atoms with van der Waals surface area (Å²) in [7, 11) is -4.56. The van der Waals surface area contributed by atoms with Crippen molar-refractivity contribution in [2.45, 2.75) is 42.8 Å². The molecule has 0 spiro atoms. The van der Waals surface area contributed by atoms with Crippen LogP contribution in [0.15, 0.2) is 21.4 Å². The Kier molecular flexibility index (Phi) is 3.83. The quantitative estimate of drug-likeness (QED) is 0.916. The van der Waals surface area contributed by atoms with E-state index in [1.54, 1.807) is 6.92 Å². The Morgan fingerprint density at radius 2 is 2.10 bits per heavy atom. The summed E-state index contributed by atoms with van der Waals surface area (Å²) in [5.74, 6) is 0. The van der Waals surface area contributed by atoms with Crippen molar-refractivity contribution in [3.63, 3.8) is 0 Å². The van der Waals surface area contributed by atoms with E-state index in [1.165, 1.54) is 19.1 Å². The van der Waals surface area contributed by atoms with Gasteiger partial charge in [-0.15, -0.1) is 15.8 Å². The van der Waals surface area contributed by atoms with Gasteiger partial charge in [0.05, 0.1) is 0 Å². The van der Waals surface area contributed by atoms with Gasteiger partial charge in [0.2, 0.25) is 0 Å². The fraction of sp³-hybridized carbons (Fsp3) is 0.545. The molecule has 118 valence electrons. The highest BCUT2D eigenvalue weighted by atomic mass is 32.2. The first kappa shape index (κ1) is 16.2. The molecule has 21 heavy (non-hydrogen) atoms. The van der Waals surface area contributed by atoms with Gasteiger partial charge in [0.15, 0.2) is 0 Å². The lowest BCUT2D eigenvalue weighted by atomic mass is 10.1. The third-order valence-electron chi connectivity index (χ3n) is 3.00. The predicted molar refractivity (Wildman–Crippen MR) is 71.5 cm³/mol. The van der Waals surface area contributed by atoms with Gasteiger partial charge in [-0.2, -0.15) is 26.7 Å². The first-order chi connectivity index (χ1) is 9.52. The van der Waals surface area contributed by atoms with Crippen molar-refractivity contribution >= 4 is 27.1 Å². The number of thiophene rings is 1. The maximum Gasteiger partial charge on any atom is 0.439 e. The molecule has 10 heteroatoms. The minimum absolute atomic E-state index is 0.106. The third kappa shape index (κ3) is 2.55. The van der Waals surface area contributed by atoms with Crippen LogP contribution in [0.25, 0.3) is 0 Å². The molecule has 1 aliphatic heterocycles. The Morgan fingerprint density at radius 3 is 2.57 bits per heavy atom. The standard InChI is InChI=1S/C11H13F3N2O3S2/c1-3-8-4-5-9(20-8)21(18,19)16-10(17,11(12,13)14)6-7(2)15-16/h4-5,17H,3,6H2,1-2H3/t10-/m1/s1. The Balaban J connectivity index is 2.51. The highest BCUT2D eigenvalue weighted by Gasteiger charge is 2.64. The molecule has 0 amide bonds. The monoisotopic (exact) mass is 342 g/mol. The molecule has 0 bridgehead atoms. The molecule has 0 radical (unpaired) electrons. The number of aliphatic hydroxyl groups is 1. The molecule has 2 rings (SSSR count). The van der Waals surface area contributed by atoms with E-state index in [0.29, 0.717) is 11.3 Å². The van der Waals surface area contributed by atoms with Crippen molar-refractivity contribution in [2.75, 3.05) is 0 Å². The molecule has 0 saturated carbocycles. The van der Waals surface area contributed by atoms with Crippen molar-refractivity contribution in [2.24, 2.45) is 5.10 Å². The van der Waals surface area contributed by atoms with Crippen LogP contribution in [0.2, 0.25) is 0 Å². The number of alkyl halides is 3. The maximum atomic E-state index is 13.1. The Labute approximate surface area is 123 Å². The Hall–Kier alpha value is -1.13. The molecular weight excluding hydrogens is 329 g/mol. The van der Waals surface area contributed by atoms with E-state index in [-0.39, 0.29) is 14.3 Å². The van der Waals surface area contributed by atoms with Crippen molar-refractivity contribution < 1.29 is 26.7 Å². The lowest BCUT2D eigenvalue weighted by Crippen LogP contribution is -2.56. The van der Waals surface area contributed by atoms with Crippen LogP contribution in [0.5, 0.6) is 0 Å². The number of hydrazone groups is 1. The van der Waals surface area contributed by atoms with Gasteiger partial charge in [0.25, 0.3) is 15.7 Å². The van der Waals surface area contributed by atoms with E-state index >= 15 is 0 Å². The minimum Gasteiger partial charge on any atom is -0.361 e. The second kappa shape index (κ2) is 4.96. The summed E-state index contributed by atoms with van der Waals surface area (Å²) in [6.45, 7) is 3.03. The highest BCUT2D eigenvalue weighted by Crippen LogP contribution is 2.43. The summed E-state index contributed by atoms with van der Waals surface area (Å²) in [5, 5.41) is 13.2. The zero-order chi connectivity index (χ0) is 16.1. The van der Waals surface area contributed by atoms with Gasteiger partial charge in [0.1, 0.15) is 4.21 Å². The van der Waals surface area contributed by atoms with Gasteiger partial charge in [-0.25, -0.2) is 0 Å². The van der Waals surface area contributed by atoms with Gasteiger partial charge >= 0.3 is 6.18 Å². The molecule has 1 aromatic rings. The number of rotatable bonds is 3. The van der Waals surface area contributed by atoms with Crippen LogP contribution in [-0.2, 0) is 16.4 Å². The van der Waals surface area contributed by atoms with Gasteiger partial charge in [-0.3, -0.25) is 0 Å². The Morgan fingerprint density at radius 1 is 1.48 bits per heavy atom. The van der Waals surface area contributed by atoms with Crippen LogP contribution in [0.4, 0.5) is 13.2 Å². The van der Waals surface area contributed by atoms with Crippen LogP contribution in [-0.4, -0.2) is 35.6 Å². The highest BCUT2D eigenvalue weighted by molar-refractivity contribution is 7.91. The first-order valence-electron chi connectivity index (χ1n) is 5.99. The first-order valence-corrected chi connectivity index (χ1v) is 8.25. The van der Waals surface area contributed by atoms with E-state index in [9.17, 15) is 26.7 Å². The number of aryl methyl sites for hydroxylation is 1. The van der Waals surface area contributed by atoms with Gasteiger partial charge in [-0.1, -0.05) is 6.92 Å². The van der Waals surface area contributed by atoms with E-state index in [0.717, 1.165) is 11.3 Å². The van der Waals surface area contributed by atoms with Gasteiger partial charge < -0.3 is 5.11 Å². The molecule has 1 aliphatic rings. The van der Waals surface area contributed by atoms with Crippen LogP contribution in [0, 0.1) is 0 Å². The molecule has 1 N–H and O–H groups in total. The van der Waals surface area contributed by atoms with Crippen LogP contribution >= 0.6 is 11.3 Å². The smallest absolute Gasteiger partial charge is 0.361 e. The molecule has 0 saturated heterocycles. The van der Waals surface area contributed by atoms with Crippen LogP contribution in [0.1, 0.15) is 25.1 Å². The van der Waals surface area contributed by atoms with Crippen LogP contribution in [0.3, 0.4) is 0 Å². The van der Waals surface area contributed by atoms with E-state index in [4.69, 9.17) is 0 Å². The fourth-order valence-electron chi connectivity index (χ4n) is 1.93. The van der Waals surface area contributed by atoms with Gasteiger partial charge in [-0.05, 0) is 25.5 Å². The number of hydrogen-bond acceptors (Lipinski definition) is 5. The number of halogens is 3. The number of hydrogen-bond donors (Lipinski definition) is 1. The maximum absolute atomic E-state index is 13.1. The Bertz CT molecular complexity index is 681. The molecule has 2 heterocycles.